The molecule has 0 aliphatic carbocycles. The third-order valence-corrected chi connectivity index (χ3v) is 5.03. The van der Waals surface area contributed by atoms with E-state index in [9.17, 15) is 5.26 Å². The fourth-order valence-electron chi connectivity index (χ4n) is 3.25. The van der Waals surface area contributed by atoms with Gasteiger partial charge in [-0.05, 0) is 30.3 Å². The number of nitrogens with zero attached hydrogens (tertiary/aromatic N) is 3. The molecule has 9 heteroatoms. The number of ether oxygens (including phenoxy) is 2. The molecule has 0 atom stereocenters. The van der Waals surface area contributed by atoms with Gasteiger partial charge < -0.3 is 19.5 Å². The zero-order valence-corrected chi connectivity index (χ0v) is 18.3. The molecule has 1 aliphatic heterocycles. The predicted octanol–water partition coefficient (Wildman–Crippen LogP) is 3.85. The van der Waals surface area contributed by atoms with Gasteiger partial charge in [-0.25, -0.2) is 0 Å². The van der Waals surface area contributed by atoms with E-state index in [1.54, 1.807) is 24.3 Å². The first-order chi connectivity index (χ1) is 14.2. The average molecular weight is 464 g/mol. The molecule has 4 rings (SSSR count). The SMILES string of the molecule is Cl.N#C/C(=C\c1ccccc1OCCN1CCOCC1)c1noc2ccc(Cl)cc12.O. The molecule has 3 aromatic rings. The lowest BCUT2D eigenvalue weighted by molar-refractivity contribution is 0.0322. The largest absolute Gasteiger partial charge is 0.492 e. The highest BCUT2D eigenvalue weighted by Gasteiger charge is 2.15. The van der Waals surface area contributed by atoms with Crippen molar-refractivity contribution in [2.75, 3.05) is 39.5 Å². The van der Waals surface area contributed by atoms with Crippen LogP contribution < -0.4 is 4.74 Å². The van der Waals surface area contributed by atoms with Gasteiger partial charge in [0, 0.05) is 30.2 Å². The first-order valence-corrected chi connectivity index (χ1v) is 9.81. The van der Waals surface area contributed by atoms with Crippen molar-refractivity contribution >= 4 is 46.6 Å². The molecular formula is C22H23Cl2N3O4. The van der Waals surface area contributed by atoms with Crippen LogP contribution in [0.1, 0.15) is 11.3 Å². The Balaban J connectivity index is 0.00000171. The van der Waals surface area contributed by atoms with Crippen molar-refractivity contribution in [2.45, 2.75) is 0 Å². The normalized spacial score (nSPS) is 14.4. The summed E-state index contributed by atoms with van der Waals surface area (Å²) in [6.45, 7) is 4.77. The Hall–Kier alpha value is -2.60. The van der Waals surface area contributed by atoms with Crippen molar-refractivity contribution < 1.29 is 19.5 Å². The highest BCUT2D eigenvalue weighted by Crippen LogP contribution is 2.30. The molecule has 1 saturated heterocycles. The minimum absolute atomic E-state index is 0. The highest BCUT2D eigenvalue weighted by molar-refractivity contribution is 6.31. The van der Waals surface area contributed by atoms with Gasteiger partial charge in [0.2, 0.25) is 0 Å². The quantitative estimate of drug-likeness (QED) is 0.514. The van der Waals surface area contributed by atoms with E-state index in [2.05, 4.69) is 16.1 Å². The molecule has 0 radical (unpaired) electrons. The van der Waals surface area contributed by atoms with Crippen molar-refractivity contribution in [1.82, 2.24) is 10.1 Å². The molecule has 2 N–H and O–H groups in total. The molecule has 2 aromatic carbocycles. The van der Waals surface area contributed by atoms with Crippen LogP contribution in [0, 0.1) is 11.3 Å². The van der Waals surface area contributed by atoms with Crippen LogP contribution in [0.5, 0.6) is 5.75 Å². The number of para-hydroxylation sites is 1. The Morgan fingerprint density at radius 3 is 2.77 bits per heavy atom. The first-order valence-electron chi connectivity index (χ1n) is 9.43. The number of nitriles is 1. The molecule has 0 unspecified atom stereocenters. The van der Waals surface area contributed by atoms with Crippen molar-refractivity contribution in [3.05, 3.63) is 58.7 Å². The summed E-state index contributed by atoms with van der Waals surface area (Å²) >= 11 is 6.10. The Labute approximate surface area is 191 Å². The van der Waals surface area contributed by atoms with Gasteiger partial charge >= 0.3 is 0 Å². The minimum atomic E-state index is 0. The Bertz CT molecular complexity index is 1070. The molecule has 0 bridgehead atoms. The van der Waals surface area contributed by atoms with Gasteiger partial charge in [0.05, 0.1) is 24.2 Å². The molecule has 1 aliphatic rings. The summed E-state index contributed by atoms with van der Waals surface area (Å²) < 4.78 is 16.7. The van der Waals surface area contributed by atoms with Crippen LogP contribution in [0.3, 0.4) is 0 Å². The molecule has 7 nitrogen and oxygen atoms in total. The van der Waals surface area contributed by atoms with E-state index < -0.39 is 0 Å². The van der Waals surface area contributed by atoms with Gasteiger partial charge in [-0.1, -0.05) is 35.0 Å². The molecule has 164 valence electrons. The van der Waals surface area contributed by atoms with Gasteiger partial charge in [0.15, 0.2) is 5.58 Å². The van der Waals surface area contributed by atoms with Crippen molar-refractivity contribution in [2.24, 2.45) is 0 Å². The summed E-state index contributed by atoms with van der Waals surface area (Å²) in [6.07, 6.45) is 1.77. The van der Waals surface area contributed by atoms with E-state index in [0.29, 0.717) is 33.9 Å². The van der Waals surface area contributed by atoms with E-state index in [-0.39, 0.29) is 17.9 Å². The van der Waals surface area contributed by atoms with E-state index in [1.165, 1.54) is 0 Å². The maximum absolute atomic E-state index is 9.73. The highest BCUT2D eigenvalue weighted by atomic mass is 35.5. The number of morpholine rings is 1. The third kappa shape index (κ3) is 5.97. The molecule has 1 aromatic heterocycles. The second kappa shape index (κ2) is 11.7. The van der Waals surface area contributed by atoms with Crippen LogP contribution in [0.4, 0.5) is 0 Å². The second-order valence-corrected chi connectivity index (χ2v) is 7.12. The molecule has 1 fully saturated rings. The minimum Gasteiger partial charge on any atom is -0.492 e. The zero-order chi connectivity index (χ0) is 20.1. The monoisotopic (exact) mass is 463 g/mol. The van der Waals surface area contributed by atoms with Crippen LogP contribution >= 0.6 is 24.0 Å². The lowest BCUT2D eigenvalue weighted by Gasteiger charge is -2.26. The summed E-state index contributed by atoms with van der Waals surface area (Å²) in [5, 5.41) is 15.1. The molecule has 0 spiro atoms. The number of halogens is 2. The zero-order valence-electron chi connectivity index (χ0n) is 16.7. The number of benzene rings is 2. The topological polar surface area (TPSA) is 103 Å². The lowest BCUT2D eigenvalue weighted by atomic mass is 10.1. The smallest absolute Gasteiger partial charge is 0.167 e. The summed E-state index contributed by atoms with van der Waals surface area (Å²) in [4.78, 5) is 2.31. The van der Waals surface area contributed by atoms with Crippen molar-refractivity contribution in [3.8, 4) is 11.8 Å². The fraction of sp³-hybridized carbons (Fsp3) is 0.273. The maximum atomic E-state index is 9.73. The van der Waals surface area contributed by atoms with Crippen LogP contribution in [0.15, 0.2) is 47.0 Å². The van der Waals surface area contributed by atoms with Gasteiger partial charge in [-0.2, -0.15) is 5.26 Å². The van der Waals surface area contributed by atoms with E-state index in [0.717, 1.165) is 44.2 Å². The maximum Gasteiger partial charge on any atom is 0.167 e. The number of rotatable bonds is 6. The predicted molar refractivity (Wildman–Crippen MR) is 123 cm³/mol. The van der Waals surface area contributed by atoms with Crippen LogP contribution in [0.25, 0.3) is 22.6 Å². The lowest BCUT2D eigenvalue weighted by Crippen LogP contribution is -2.38. The molecule has 0 amide bonds. The number of hydrogen-bond donors (Lipinski definition) is 0. The summed E-state index contributed by atoms with van der Waals surface area (Å²) in [7, 11) is 0. The van der Waals surface area contributed by atoms with Crippen LogP contribution in [0.2, 0.25) is 5.02 Å². The van der Waals surface area contributed by atoms with E-state index in [4.69, 9.17) is 25.6 Å². The fourth-order valence-corrected chi connectivity index (χ4v) is 3.43. The molecular weight excluding hydrogens is 441 g/mol. The standard InChI is InChI=1S/C22H20ClN3O3.ClH.H2O/c23-18-5-6-21-19(14-18)22(25-29-21)17(15-24)13-16-3-1-2-4-20(16)28-12-9-26-7-10-27-11-8-26;;/h1-6,13-14H,7-12H2;1H;1H2/b17-13+;;. The number of allylic oxidation sites excluding steroid dienone is 1. The van der Waals surface area contributed by atoms with E-state index >= 15 is 0 Å². The molecule has 2 heterocycles. The summed E-state index contributed by atoms with van der Waals surface area (Å²) in [5.74, 6) is 0.722. The van der Waals surface area contributed by atoms with Crippen molar-refractivity contribution in [3.63, 3.8) is 0 Å². The van der Waals surface area contributed by atoms with Gasteiger partial charge in [0.25, 0.3) is 0 Å². The van der Waals surface area contributed by atoms with Crippen LogP contribution in [-0.4, -0.2) is 55.0 Å². The average Bonchev–Trinajstić information content (AvgIpc) is 3.16. The number of hydrogen-bond acceptors (Lipinski definition) is 6. The van der Waals surface area contributed by atoms with E-state index in [1.807, 2.05) is 24.3 Å². The van der Waals surface area contributed by atoms with Gasteiger partial charge in [-0.3, -0.25) is 4.90 Å². The Morgan fingerprint density at radius 2 is 2.00 bits per heavy atom. The van der Waals surface area contributed by atoms with Crippen molar-refractivity contribution in [1.29, 1.82) is 5.26 Å². The Kier molecular flexibility index (Phi) is 9.31. The number of fused-ring (bicyclic) bond motifs is 1. The first kappa shape index (κ1) is 24.7. The van der Waals surface area contributed by atoms with Crippen LogP contribution in [-0.2, 0) is 4.74 Å². The third-order valence-electron chi connectivity index (χ3n) is 4.80. The summed E-state index contributed by atoms with van der Waals surface area (Å²) in [5.41, 5.74) is 2.24. The second-order valence-electron chi connectivity index (χ2n) is 6.68. The Morgan fingerprint density at radius 1 is 1.23 bits per heavy atom. The van der Waals surface area contributed by atoms with Gasteiger partial charge in [-0.15, -0.1) is 12.4 Å². The molecule has 31 heavy (non-hydrogen) atoms. The number of aromatic nitrogens is 1. The molecule has 0 saturated carbocycles. The summed E-state index contributed by atoms with van der Waals surface area (Å²) in [6, 6.07) is 15.1. The van der Waals surface area contributed by atoms with Gasteiger partial charge in [0.1, 0.15) is 24.1 Å².